The van der Waals surface area contributed by atoms with Crippen molar-refractivity contribution in [3.63, 3.8) is 0 Å². The van der Waals surface area contributed by atoms with Gasteiger partial charge in [0.25, 0.3) is 0 Å². The lowest BCUT2D eigenvalue weighted by Crippen LogP contribution is -2.20. The van der Waals surface area contributed by atoms with Gasteiger partial charge >= 0.3 is 6.03 Å². The topological polar surface area (TPSA) is 54.0 Å². The van der Waals surface area contributed by atoms with E-state index in [1.807, 2.05) is 0 Å². The quantitative estimate of drug-likeness (QED) is 0.859. The zero-order valence-corrected chi connectivity index (χ0v) is 10.8. The smallest absolute Gasteiger partial charge is 0.306 e. The molecule has 1 aromatic heterocycles. The first kappa shape index (κ1) is 15.9. The molecule has 0 bridgehead atoms. The highest BCUT2D eigenvalue weighted by atomic mass is 35.5. The predicted molar refractivity (Wildman–Crippen MR) is 79.8 cm³/mol. The Hall–Kier alpha value is -2.14. The monoisotopic (exact) mass is 295 g/mol. The molecule has 20 heavy (non-hydrogen) atoms. The van der Waals surface area contributed by atoms with Gasteiger partial charge in [-0.3, -0.25) is 4.98 Å². The molecule has 0 spiro atoms. The number of carbonyl (C=O) groups is 1. The minimum absolute atomic E-state index is 0. The summed E-state index contributed by atoms with van der Waals surface area (Å²) in [6.07, 6.45) is 2.89. The predicted octanol–water partition coefficient (Wildman–Crippen LogP) is 4.46. The van der Waals surface area contributed by atoms with Crippen LogP contribution >= 0.6 is 11.6 Å². The largest absolute Gasteiger partial charge is 0.323 e. The summed E-state index contributed by atoms with van der Waals surface area (Å²) in [5, 5.41) is 5.34. The molecule has 0 unspecified atom stereocenters. The Bertz CT molecular complexity index is 619. The Balaban J connectivity index is 0.00000200. The molecule has 0 radical (unpaired) electrons. The number of aromatic nitrogens is 1. The van der Waals surface area contributed by atoms with E-state index >= 15 is 0 Å². The average molecular weight is 296 g/mol. The molecule has 0 aliphatic heterocycles. The van der Waals surface area contributed by atoms with Crippen molar-refractivity contribution in [3.05, 3.63) is 53.1 Å². The second-order valence-electron chi connectivity index (χ2n) is 3.91. The van der Waals surface area contributed by atoms with Gasteiger partial charge in [0.2, 0.25) is 0 Å². The summed E-state index contributed by atoms with van der Waals surface area (Å²) >= 11 is 5.74. The molecule has 2 rings (SSSR count). The van der Waals surface area contributed by atoms with Crippen molar-refractivity contribution in [3.8, 4) is 0 Å². The van der Waals surface area contributed by atoms with Crippen LogP contribution in [0.1, 0.15) is 13.0 Å². The third-order valence-corrected chi connectivity index (χ3v) is 2.61. The van der Waals surface area contributed by atoms with E-state index in [1.54, 1.807) is 25.1 Å². The first-order valence-electron chi connectivity index (χ1n) is 5.50. The number of benzene rings is 1. The fraction of sp³-hybridized carbons (Fsp3) is 0.143. The molecule has 1 aromatic carbocycles. The average Bonchev–Trinajstić information content (AvgIpc) is 2.35. The number of urea groups is 1. The van der Waals surface area contributed by atoms with E-state index in [0.29, 0.717) is 16.3 Å². The Labute approximate surface area is 122 Å². The van der Waals surface area contributed by atoms with Gasteiger partial charge in [-0.1, -0.05) is 31.2 Å². The zero-order valence-electron chi connectivity index (χ0n) is 10.1. The van der Waals surface area contributed by atoms with Crippen LogP contribution in [0.4, 0.5) is 20.6 Å². The molecule has 0 aliphatic carbocycles. The molecule has 4 nitrogen and oxygen atoms in total. The molecule has 106 valence electrons. The Morgan fingerprint density at radius 2 is 2.05 bits per heavy atom. The number of hydrogen-bond acceptors (Lipinski definition) is 2. The van der Waals surface area contributed by atoms with E-state index in [1.165, 1.54) is 18.5 Å². The van der Waals surface area contributed by atoms with E-state index in [2.05, 4.69) is 15.6 Å². The molecule has 0 fully saturated rings. The molecular formula is C14H15ClFN3O. The number of aryl methyl sites for hydroxylation is 1. The van der Waals surface area contributed by atoms with Crippen LogP contribution in [-0.2, 0) is 0 Å². The summed E-state index contributed by atoms with van der Waals surface area (Å²) in [6, 6.07) is 5.75. The molecule has 6 heteroatoms. The standard InChI is InChI=1S/C13H11ClFN3O.CH4/c1-8-3-2-4-11(12(8)15)18-13(19)17-10-5-9(14)6-16-7-10;/h2-7H,1H3,(H2,17,18,19);1H4. The van der Waals surface area contributed by atoms with Gasteiger partial charge in [0, 0.05) is 6.20 Å². The zero-order chi connectivity index (χ0) is 13.8. The Morgan fingerprint density at radius 3 is 2.75 bits per heavy atom. The molecule has 0 saturated carbocycles. The summed E-state index contributed by atoms with van der Waals surface area (Å²) in [7, 11) is 0. The maximum atomic E-state index is 13.7. The van der Waals surface area contributed by atoms with E-state index < -0.39 is 11.8 Å². The minimum Gasteiger partial charge on any atom is -0.306 e. The van der Waals surface area contributed by atoms with Crippen LogP contribution in [0, 0.1) is 12.7 Å². The van der Waals surface area contributed by atoms with Gasteiger partial charge in [-0.2, -0.15) is 0 Å². The van der Waals surface area contributed by atoms with Crippen molar-refractivity contribution < 1.29 is 9.18 Å². The lowest BCUT2D eigenvalue weighted by molar-refractivity contribution is 0.262. The molecule has 0 atom stereocenters. The van der Waals surface area contributed by atoms with Gasteiger partial charge in [-0.25, -0.2) is 9.18 Å². The number of anilines is 2. The van der Waals surface area contributed by atoms with E-state index in [9.17, 15) is 9.18 Å². The second-order valence-corrected chi connectivity index (χ2v) is 4.34. The van der Waals surface area contributed by atoms with E-state index in [4.69, 9.17) is 11.6 Å². The van der Waals surface area contributed by atoms with Gasteiger partial charge in [0.15, 0.2) is 0 Å². The normalized spacial score (nSPS) is 9.55. The lowest BCUT2D eigenvalue weighted by atomic mass is 10.2. The molecule has 2 aromatic rings. The van der Waals surface area contributed by atoms with Gasteiger partial charge < -0.3 is 10.6 Å². The van der Waals surface area contributed by atoms with Crippen LogP contribution in [0.3, 0.4) is 0 Å². The molecule has 0 saturated heterocycles. The van der Waals surface area contributed by atoms with Crippen LogP contribution in [0.25, 0.3) is 0 Å². The number of halogens is 2. The maximum Gasteiger partial charge on any atom is 0.323 e. The van der Waals surface area contributed by atoms with Crippen molar-refractivity contribution >= 4 is 29.0 Å². The maximum absolute atomic E-state index is 13.7. The minimum atomic E-state index is -0.562. The number of pyridine rings is 1. The van der Waals surface area contributed by atoms with Crippen molar-refractivity contribution in [2.45, 2.75) is 14.4 Å². The highest BCUT2D eigenvalue weighted by Crippen LogP contribution is 2.18. The summed E-state index contributed by atoms with van der Waals surface area (Å²) in [6.45, 7) is 1.62. The van der Waals surface area contributed by atoms with Crippen LogP contribution in [0.15, 0.2) is 36.7 Å². The van der Waals surface area contributed by atoms with Crippen LogP contribution in [0.5, 0.6) is 0 Å². The first-order valence-corrected chi connectivity index (χ1v) is 5.88. The third-order valence-electron chi connectivity index (χ3n) is 2.40. The molecular weight excluding hydrogens is 281 g/mol. The van der Waals surface area contributed by atoms with Crippen LogP contribution < -0.4 is 10.6 Å². The number of amides is 2. The van der Waals surface area contributed by atoms with Crippen molar-refractivity contribution in [2.75, 3.05) is 10.6 Å². The Kier molecular flexibility index (Phi) is 5.46. The van der Waals surface area contributed by atoms with Crippen molar-refractivity contribution in [1.29, 1.82) is 0 Å². The molecule has 1 heterocycles. The fourth-order valence-electron chi connectivity index (χ4n) is 1.51. The first-order chi connectivity index (χ1) is 9.06. The van der Waals surface area contributed by atoms with Gasteiger partial charge in [0.1, 0.15) is 5.82 Å². The highest BCUT2D eigenvalue weighted by molar-refractivity contribution is 6.30. The lowest BCUT2D eigenvalue weighted by Gasteiger charge is -2.09. The van der Waals surface area contributed by atoms with Gasteiger partial charge in [0.05, 0.1) is 22.6 Å². The molecule has 2 amide bonds. The van der Waals surface area contributed by atoms with Gasteiger partial charge in [-0.05, 0) is 24.6 Å². The van der Waals surface area contributed by atoms with Crippen LogP contribution in [0.2, 0.25) is 5.02 Å². The SMILES string of the molecule is C.Cc1cccc(NC(=O)Nc2cncc(Cl)c2)c1F. The molecule has 2 N–H and O–H groups in total. The summed E-state index contributed by atoms with van der Waals surface area (Å²) in [5.41, 5.74) is 1.01. The summed E-state index contributed by atoms with van der Waals surface area (Å²) < 4.78 is 13.7. The summed E-state index contributed by atoms with van der Waals surface area (Å²) in [5.74, 6) is -0.457. The molecule has 0 aliphatic rings. The van der Waals surface area contributed by atoms with E-state index in [0.717, 1.165) is 0 Å². The number of nitrogens with one attached hydrogen (secondary N) is 2. The second kappa shape index (κ2) is 6.86. The number of hydrogen-bond donors (Lipinski definition) is 2. The van der Waals surface area contributed by atoms with E-state index in [-0.39, 0.29) is 13.1 Å². The number of nitrogens with zero attached hydrogens (tertiary/aromatic N) is 1. The third kappa shape index (κ3) is 3.93. The number of carbonyl (C=O) groups excluding carboxylic acids is 1. The van der Waals surface area contributed by atoms with Crippen molar-refractivity contribution in [2.24, 2.45) is 0 Å². The van der Waals surface area contributed by atoms with Gasteiger partial charge in [-0.15, -0.1) is 0 Å². The van der Waals surface area contributed by atoms with Crippen molar-refractivity contribution in [1.82, 2.24) is 4.98 Å². The summed E-state index contributed by atoms with van der Waals surface area (Å²) in [4.78, 5) is 15.5. The Morgan fingerprint density at radius 1 is 1.30 bits per heavy atom. The number of rotatable bonds is 2. The van der Waals surface area contributed by atoms with Crippen LogP contribution in [-0.4, -0.2) is 11.0 Å². The fourth-order valence-corrected chi connectivity index (χ4v) is 1.68. The highest BCUT2D eigenvalue weighted by Gasteiger charge is 2.08.